The van der Waals surface area contributed by atoms with Crippen LogP contribution in [-0.2, 0) is 10.3 Å². The van der Waals surface area contributed by atoms with Crippen LogP contribution in [0, 0.1) is 5.82 Å². The molecule has 1 aromatic rings. The van der Waals surface area contributed by atoms with Crippen molar-refractivity contribution in [2.45, 2.75) is 12.0 Å². The molecule has 2 heterocycles. The second kappa shape index (κ2) is 2.23. The molecule has 0 bridgehead atoms. The number of rotatable bonds is 0. The summed E-state index contributed by atoms with van der Waals surface area (Å²) >= 11 is 0. The number of hydrogen-bond donors (Lipinski definition) is 0. The zero-order valence-electron chi connectivity index (χ0n) is 7.05. The standard InChI is InChI=1S/C10H9FO2/c11-7-1-2-9-8(5-7)10(6-13-10)3-4-12-9/h1-2,5H,3-4,6H2. The molecule has 1 spiro atoms. The SMILES string of the molecule is Fc1ccc2c(c1)C1(CCO2)CO1. The highest BCUT2D eigenvalue weighted by atomic mass is 19.1. The van der Waals surface area contributed by atoms with Gasteiger partial charge in [0.05, 0.1) is 13.2 Å². The third-order valence-electron chi connectivity index (χ3n) is 2.69. The molecule has 3 heteroatoms. The second-order valence-corrected chi connectivity index (χ2v) is 3.52. The minimum Gasteiger partial charge on any atom is -0.493 e. The smallest absolute Gasteiger partial charge is 0.125 e. The molecule has 2 nitrogen and oxygen atoms in total. The summed E-state index contributed by atoms with van der Waals surface area (Å²) in [5.74, 6) is 0.546. The summed E-state index contributed by atoms with van der Waals surface area (Å²) in [7, 11) is 0. The van der Waals surface area contributed by atoms with Crippen molar-refractivity contribution in [2.24, 2.45) is 0 Å². The Balaban J connectivity index is 2.16. The lowest BCUT2D eigenvalue weighted by Gasteiger charge is -2.22. The van der Waals surface area contributed by atoms with Crippen molar-refractivity contribution in [3.8, 4) is 5.75 Å². The fraction of sp³-hybridized carbons (Fsp3) is 0.400. The van der Waals surface area contributed by atoms with Crippen LogP contribution in [0.1, 0.15) is 12.0 Å². The minimum absolute atomic E-state index is 0.213. The van der Waals surface area contributed by atoms with Crippen molar-refractivity contribution in [3.63, 3.8) is 0 Å². The van der Waals surface area contributed by atoms with Gasteiger partial charge in [-0.2, -0.15) is 0 Å². The Hall–Kier alpha value is -1.09. The maximum absolute atomic E-state index is 13.0. The zero-order valence-corrected chi connectivity index (χ0v) is 7.05. The van der Waals surface area contributed by atoms with Crippen LogP contribution in [0.25, 0.3) is 0 Å². The number of hydrogen-bond acceptors (Lipinski definition) is 2. The van der Waals surface area contributed by atoms with Gasteiger partial charge in [-0.25, -0.2) is 4.39 Å². The number of halogens is 1. The van der Waals surface area contributed by atoms with Gasteiger partial charge in [0, 0.05) is 12.0 Å². The highest BCUT2D eigenvalue weighted by Gasteiger charge is 2.50. The molecule has 13 heavy (non-hydrogen) atoms. The Kier molecular flexibility index (Phi) is 1.26. The summed E-state index contributed by atoms with van der Waals surface area (Å²) in [6.07, 6.45) is 0.837. The summed E-state index contributed by atoms with van der Waals surface area (Å²) in [5.41, 5.74) is 0.661. The molecule has 0 radical (unpaired) electrons. The van der Waals surface area contributed by atoms with Gasteiger partial charge < -0.3 is 9.47 Å². The van der Waals surface area contributed by atoms with Crippen molar-refractivity contribution in [2.75, 3.05) is 13.2 Å². The molecule has 1 saturated heterocycles. The van der Waals surface area contributed by atoms with E-state index < -0.39 is 0 Å². The van der Waals surface area contributed by atoms with E-state index in [1.54, 1.807) is 6.07 Å². The van der Waals surface area contributed by atoms with Crippen LogP contribution in [-0.4, -0.2) is 13.2 Å². The van der Waals surface area contributed by atoms with E-state index in [0.29, 0.717) is 13.2 Å². The Morgan fingerprint density at radius 3 is 3.00 bits per heavy atom. The van der Waals surface area contributed by atoms with E-state index in [2.05, 4.69) is 0 Å². The molecule has 1 unspecified atom stereocenters. The van der Waals surface area contributed by atoms with Gasteiger partial charge >= 0.3 is 0 Å². The highest BCUT2D eigenvalue weighted by molar-refractivity contribution is 5.42. The molecule has 68 valence electrons. The van der Waals surface area contributed by atoms with E-state index in [1.807, 2.05) is 0 Å². The first-order chi connectivity index (χ1) is 6.30. The molecular weight excluding hydrogens is 171 g/mol. The van der Waals surface area contributed by atoms with Gasteiger partial charge in [-0.05, 0) is 18.2 Å². The lowest BCUT2D eigenvalue weighted by molar-refractivity contribution is 0.192. The van der Waals surface area contributed by atoms with E-state index in [9.17, 15) is 4.39 Å². The number of benzene rings is 1. The maximum Gasteiger partial charge on any atom is 0.125 e. The Morgan fingerprint density at radius 1 is 1.38 bits per heavy atom. The van der Waals surface area contributed by atoms with Crippen LogP contribution < -0.4 is 4.74 Å². The van der Waals surface area contributed by atoms with Crippen molar-refractivity contribution < 1.29 is 13.9 Å². The lowest BCUT2D eigenvalue weighted by Crippen LogP contribution is -2.21. The first kappa shape index (κ1) is 7.33. The van der Waals surface area contributed by atoms with Gasteiger partial charge in [0.25, 0.3) is 0 Å². The summed E-state index contributed by atoms with van der Waals surface area (Å²) < 4.78 is 23.7. The van der Waals surface area contributed by atoms with Gasteiger partial charge in [0.2, 0.25) is 0 Å². The van der Waals surface area contributed by atoms with Crippen molar-refractivity contribution in [1.82, 2.24) is 0 Å². The van der Waals surface area contributed by atoms with Gasteiger partial charge in [-0.15, -0.1) is 0 Å². The second-order valence-electron chi connectivity index (χ2n) is 3.52. The van der Waals surface area contributed by atoms with Gasteiger partial charge in [0.1, 0.15) is 17.2 Å². The predicted molar refractivity (Wildman–Crippen MR) is 44.1 cm³/mol. The van der Waals surface area contributed by atoms with Crippen molar-refractivity contribution in [1.29, 1.82) is 0 Å². The molecule has 1 aromatic carbocycles. The van der Waals surface area contributed by atoms with Crippen LogP contribution in [0.4, 0.5) is 4.39 Å². The highest BCUT2D eigenvalue weighted by Crippen LogP contribution is 2.48. The third kappa shape index (κ3) is 0.968. The molecule has 0 N–H and O–H groups in total. The van der Waals surface area contributed by atoms with Crippen LogP contribution in [0.15, 0.2) is 18.2 Å². The molecular formula is C10H9FO2. The predicted octanol–water partition coefficient (Wildman–Crippen LogP) is 1.83. The van der Waals surface area contributed by atoms with E-state index in [0.717, 1.165) is 17.7 Å². The van der Waals surface area contributed by atoms with Crippen molar-refractivity contribution in [3.05, 3.63) is 29.6 Å². The topological polar surface area (TPSA) is 21.8 Å². The molecule has 0 aliphatic carbocycles. The van der Waals surface area contributed by atoms with Crippen LogP contribution in [0.3, 0.4) is 0 Å². The molecule has 0 saturated carbocycles. The Morgan fingerprint density at radius 2 is 2.23 bits per heavy atom. The molecule has 2 aliphatic rings. The lowest BCUT2D eigenvalue weighted by atomic mass is 9.94. The molecule has 0 aromatic heterocycles. The molecule has 2 aliphatic heterocycles. The summed E-state index contributed by atoms with van der Waals surface area (Å²) in [6.45, 7) is 1.37. The molecule has 3 rings (SSSR count). The largest absolute Gasteiger partial charge is 0.493 e. The van der Waals surface area contributed by atoms with Crippen molar-refractivity contribution >= 4 is 0 Å². The quantitative estimate of drug-likeness (QED) is 0.568. The monoisotopic (exact) mass is 180 g/mol. The number of ether oxygens (including phenoxy) is 2. The zero-order chi connectivity index (χ0) is 8.89. The maximum atomic E-state index is 13.0. The molecule has 0 amide bonds. The summed E-state index contributed by atoms with van der Waals surface area (Å²) in [5, 5.41) is 0. The van der Waals surface area contributed by atoms with Gasteiger partial charge in [-0.1, -0.05) is 0 Å². The van der Waals surface area contributed by atoms with Crippen LogP contribution in [0.5, 0.6) is 5.75 Å². The van der Waals surface area contributed by atoms with E-state index in [1.165, 1.54) is 12.1 Å². The first-order valence-electron chi connectivity index (χ1n) is 4.37. The summed E-state index contributed by atoms with van der Waals surface area (Å²) in [6, 6.07) is 4.61. The number of fused-ring (bicyclic) bond motifs is 2. The van der Waals surface area contributed by atoms with Gasteiger partial charge in [-0.3, -0.25) is 0 Å². The van der Waals surface area contributed by atoms with Crippen LogP contribution in [0.2, 0.25) is 0 Å². The fourth-order valence-corrected chi connectivity index (χ4v) is 1.83. The first-order valence-corrected chi connectivity index (χ1v) is 4.37. The Bertz CT molecular complexity index is 358. The normalized spacial score (nSPS) is 29.6. The molecule has 1 fully saturated rings. The van der Waals surface area contributed by atoms with E-state index >= 15 is 0 Å². The number of epoxide rings is 1. The average molecular weight is 180 g/mol. The van der Waals surface area contributed by atoms with Gasteiger partial charge in [0.15, 0.2) is 0 Å². The minimum atomic E-state index is -0.223. The fourth-order valence-electron chi connectivity index (χ4n) is 1.83. The third-order valence-corrected chi connectivity index (χ3v) is 2.69. The van der Waals surface area contributed by atoms with E-state index in [4.69, 9.17) is 9.47 Å². The molecule has 1 atom stereocenters. The average Bonchev–Trinajstić information content (AvgIpc) is 2.88. The Labute approximate surface area is 75.3 Å². The summed E-state index contributed by atoms with van der Waals surface area (Å²) in [4.78, 5) is 0. The van der Waals surface area contributed by atoms with Crippen LogP contribution >= 0.6 is 0 Å². The van der Waals surface area contributed by atoms with E-state index in [-0.39, 0.29) is 11.4 Å².